The second kappa shape index (κ2) is 10.6. The van der Waals surface area contributed by atoms with Gasteiger partial charge in [0.25, 0.3) is 0 Å². The molecule has 0 saturated heterocycles. The Morgan fingerprint density at radius 3 is 2.22 bits per heavy atom. The van der Waals surface area contributed by atoms with Crippen molar-refractivity contribution < 1.29 is 4.79 Å². The molecule has 1 heterocycles. The van der Waals surface area contributed by atoms with E-state index >= 15 is 0 Å². The van der Waals surface area contributed by atoms with E-state index in [1.54, 1.807) is 23.1 Å². The molecule has 0 spiro atoms. The Labute approximate surface area is 224 Å². The van der Waals surface area contributed by atoms with Gasteiger partial charge in [-0.3, -0.25) is 4.79 Å². The van der Waals surface area contributed by atoms with Gasteiger partial charge in [0.1, 0.15) is 0 Å². The monoisotopic (exact) mass is 516 g/mol. The van der Waals surface area contributed by atoms with Crippen LogP contribution in [0.25, 0.3) is 21.0 Å². The van der Waals surface area contributed by atoms with Gasteiger partial charge in [0.2, 0.25) is 5.91 Å². The molecular weight excluding hydrogens is 492 g/mol. The molecule has 0 bridgehead atoms. The lowest BCUT2D eigenvalue weighted by atomic mass is 10.0. The van der Waals surface area contributed by atoms with Crippen LogP contribution >= 0.6 is 23.1 Å². The van der Waals surface area contributed by atoms with E-state index < -0.39 is 0 Å². The van der Waals surface area contributed by atoms with Gasteiger partial charge >= 0.3 is 0 Å². The number of benzene rings is 5. The van der Waals surface area contributed by atoms with E-state index in [0.29, 0.717) is 6.42 Å². The van der Waals surface area contributed by atoms with Crippen molar-refractivity contribution in [2.24, 2.45) is 0 Å². The summed E-state index contributed by atoms with van der Waals surface area (Å²) < 4.78 is 2.07. The zero-order valence-electron chi connectivity index (χ0n) is 20.0. The molecule has 1 aromatic heterocycles. The molecule has 180 valence electrons. The fraction of sp³-hybridized carbons (Fsp3) is 0.0625. The second-order valence-corrected chi connectivity index (χ2v) is 11.2. The van der Waals surface area contributed by atoms with Crippen LogP contribution in [0.5, 0.6) is 0 Å². The number of hydrogen-bond donors (Lipinski definition) is 1. The van der Waals surface area contributed by atoms with Crippen molar-refractivity contribution in [2.75, 3.05) is 5.32 Å². The summed E-state index contributed by atoms with van der Waals surface area (Å²) in [6.45, 7) is 0. The van der Waals surface area contributed by atoms with Crippen molar-refractivity contribution in [1.82, 2.24) is 4.98 Å². The van der Waals surface area contributed by atoms with Gasteiger partial charge in [0.15, 0.2) is 4.34 Å². The van der Waals surface area contributed by atoms with E-state index in [0.717, 1.165) is 36.6 Å². The lowest BCUT2D eigenvalue weighted by Crippen LogP contribution is -2.14. The Morgan fingerprint density at radius 2 is 1.46 bits per heavy atom. The maximum absolute atomic E-state index is 12.9. The highest BCUT2D eigenvalue weighted by Gasteiger charge is 2.18. The molecule has 0 aliphatic heterocycles. The Hall–Kier alpha value is -3.93. The third-order valence-corrected chi connectivity index (χ3v) is 8.73. The lowest BCUT2D eigenvalue weighted by Gasteiger charge is -2.16. The molecule has 0 fully saturated rings. The first kappa shape index (κ1) is 23.5. The van der Waals surface area contributed by atoms with E-state index in [9.17, 15) is 4.79 Å². The van der Waals surface area contributed by atoms with E-state index in [1.165, 1.54) is 11.1 Å². The predicted octanol–water partition coefficient (Wildman–Crippen LogP) is 8.51. The van der Waals surface area contributed by atoms with Crippen molar-refractivity contribution in [2.45, 2.75) is 16.0 Å². The minimum absolute atomic E-state index is 0.0250. The fourth-order valence-corrected chi connectivity index (χ4v) is 6.97. The summed E-state index contributed by atoms with van der Waals surface area (Å²) >= 11 is 3.43. The molecule has 6 rings (SSSR count). The van der Waals surface area contributed by atoms with Crippen LogP contribution in [-0.4, -0.2) is 10.9 Å². The number of nitrogens with zero attached hydrogens (tertiary/aromatic N) is 1. The number of thioether (sulfide) groups is 1. The van der Waals surface area contributed by atoms with Gasteiger partial charge in [-0.2, -0.15) is 0 Å². The van der Waals surface area contributed by atoms with Crippen molar-refractivity contribution >= 4 is 55.7 Å². The first-order chi connectivity index (χ1) is 18.2. The van der Waals surface area contributed by atoms with Gasteiger partial charge in [0.05, 0.1) is 21.9 Å². The van der Waals surface area contributed by atoms with Crippen LogP contribution in [0.1, 0.15) is 21.9 Å². The minimum Gasteiger partial charge on any atom is -0.326 e. The van der Waals surface area contributed by atoms with E-state index in [1.807, 2.05) is 54.6 Å². The van der Waals surface area contributed by atoms with Crippen LogP contribution < -0.4 is 5.32 Å². The number of anilines is 1. The normalized spacial score (nSPS) is 11.3. The van der Waals surface area contributed by atoms with Crippen molar-refractivity contribution in [3.05, 3.63) is 138 Å². The quantitative estimate of drug-likeness (QED) is 0.216. The van der Waals surface area contributed by atoms with Gasteiger partial charge < -0.3 is 5.32 Å². The third kappa shape index (κ3) is 5.29. The molecule has 6 aromatic rings. The molecule has 0 atom stereocenters. The molecule has 0 unspecified atom stereocenters. The van der Waals surface area contributed by atoms with Gasteiger partial charge in [-0.25, -0.2) is 4.98 Å². The number of thiazole rings is 1. The Kier molecular flexibility index (Phi) is 6.72. The molecule has 3 nitrogen and oxygen atoms in total. The van der Waals surface area contributed by atoms with Gasteiger partial charge in [0, 0.05) is 5.69 Å². The smallest absolute Gasteiger partial charge is 0.228 e. The van der Waals surface area contributed by atoms with Crippen LogP contribution in [0.3, 0.4) is 0 Å². The molecule has 1 amide bonds. The maximum atomic E-state index is 12.9. The minimum atomic E-state index is -0.0250. The molecule has 0 aliphatic rings. The van der Waals surface area contributed by atoms with Gasteiger partial charge in [-0.1, -0.05) is 115 Å². The molecule has 5 aromatic carbocycles. The number of fused-ring (bicyclic) bond motifs is 2. The molecule has 0 radical (unpaired) electrons. The molecule has 0 saturated carbocycles. The number of carbonyl (C=O) groups excluding carboxylic acids is 1. The van der Waals surface area contributed by atoms with Crippen molar-refractivity contribution in [3.63, 3.8) is 0 Å². The van der Waals surface area contributed by atoms with E-state index in [4.69, 9.17) is 4.98 Å². The molecule has 37 heavy (non-hydrogen) atoms. The maximum Gasteiger partial charge on any atom is 0.228 e. The Balaban J connectivity index is 1.22. The second-order valence-electron chi connectivity index (χ2n) is 8.84. The average Bonchev–Trinajstić information content (AvgIpc) is 3.35. The number of hydrogen-bond acceptors (Lipinski definition) is 4. The highest BCUT2D eigenvalue weighted by molar-refractivity contribution is 8.01. The van der Waals surface area contributed by atoms with E-state index in [2.05, 4.69) is 72.0 Å². The van der Waals surface area contributed by atoms with Crippen LogP contribution in [-0.2, 0) is 11.2 Å². The Morgan fingerprint density at radius 1 is 0.784 bits per heavy atom. The first-order valence-electron chi connectivity index (χ1n) is 12.2. The topological polar surface area (TPSA) is 42.0 Å². The summed E-state index contributed by atoms with van der Waals surface area (Å²) in [4.78, 5) is 17.8. The van der Waals surface area contributed by atoms with Crippen molar-refractivity contribution in [1.29, 1.82) is 0 Å². The zero-order chi connectivity index (χ0) is 25.0. The van der Waals surface area contributed by atoms with Gasteiger partial charge in [-0.15, -0.1) is 11.3 Å². The van der Waals surface area contributed by atoms with Crippen molar-refractivity contribution in [3.8, 4) is 0 Å². The SMILES string of the molecule is O=C(Cc1cccc2ccccc12)Nc1ccc2nc(SC(c3ccccc3)c3ccccc3)sc2c1. The first-order valence-corrected chi connectivity index (χ1v) is 13.9. The van der Waals surface area contributed by atoms with Gasteiger partial charge in [-0.05, 0) is 45.7 Å². The standard InChI is InChI=1S/C32H24N2OS2/c35-30(20-25-16-9-15-22-10-7-8-17-27(22)25)33-26-18-19-28-29(21-26)36-32(34-28)37-31(23-11-3-1-4-12-23)24-13-5-2-6-14-24/h1-19,21,31H,20H2,(H,33,35). The number of nitrogens with one attached hydrogen (secondary N) is 1. The molecular formula is C32H24N2OS2. The summed E-state index contributed by atoms with van der Waals surface area (Å²) in [5.74, 6) is -0.0250. The number of rotatable bonds is 7. The summed E-state index contributed by atoms with van der Waals surface area (Å²) in [5.41, 5.74) is 5.26. The third-order valence-electron chi connectivity index (χ3n) is 6.31. The van der Waals surface area contributed by atoms with Crippen LogP contribution in [0, 0.1) is 0 Å². The van der Waals surface area contributed by atoms with Crippen LogP contribution in [0.4, 0.5) is 5.69 Å². The average molecular weight is 517 g/mol. The number of carbonyl (C=O) groups is 1. The highest BCUT2D eigenvalue weighted by atomic mass is 32.2. The van der Waals surface area contributed by atoms with Crippen LogP contribution in [0.2, 0.25) is 0 Å². The zero-order valence-corrected chi connectivity index (χ0v) is 21.6. The molecule has 0 aliphatic carbocycles. The van der Waals surface area contributed by atoms with E-state index in [-0.39, 0.29) is 11.2 Å². The summed E-state index contributed by atoms with van der Waals surface area (Å²) in [5, 5.41) is 5.50. The predicted molar refractivity (Wildman–Crippen MR) is 156 cm³/mol. The lowest BCUT2D eigenvalue weighted by molar-refractivity contribution is -0.115. The molecule has 5 heteroatoms. The summed E-state index contributed by atoms with van der Waals surface area (Å²) in [6, 6.07) is 41.3. The Bertz CT molecular complexity index is 1630. The van der Waals surface area contributed by atoms with Crippen LogP contribution in [0.15, 0.2) is 126 Å². The largest absolute Gasteiger partial charge is 0.326 e. The fourth-order valence-electron chi connectivity index (χ4n) is 4.54. The summed E-state index contributed by atoms with van der Waals surface area (Å²) in [6.07, 6.45) is 0.332. The number of amides is 1. The molecule has 1 N–H and O–H groups in total. The number of aromatic nitrogens is 1. The highest BCUT2D eigenvalue weighted by Crippen LogP contribution is 2.43. The summed E-state index contributed by atoms with van der Waals surface area (Å²) in [7, 11) is 0.